The van der Waals surface area contributed by atoms with Gasteiger partial charge in [-0.2, -0.15) is 0 Å². The van der Waals surface area contributed by atoms with Gasteiger partial charge in [-0.15, -0.1) is 0 Å². The van der Waals surface area contributed by atoms with Crippen LogP contribution in [0.25, 0.3) is 0 Å². The van der Waals surface area contributed by atoms with Crippen LogP contribution in [0, 0.1) is 6.92 Å². The Morgan fingerprint density at radius 1 is 1.00 bits per heavy atom. The largest absolute Gasteiger partial charge is 0.347 e. The summed E-state index contributed by atoms with van der Waals surface area (Å²) in [7, 11) is -1.24. The molecule has 0 atom stereocenters. The van der Waals surface area contributed by atoms with Crippen LogP contribution in [0.15, 0.2) is 60.7 Å². The van der Waals surface area contributed by atoms with Crippen molar-refractivity contribution >= 4 is 32.8 Å². The van der Waals surface area contributed by atoms with Crippen molar-refractivity contribution in [2.45, 2.75) is 13.3 Å². The molecular formula is C21H22N2O2S2. The van der Waals surface area contributed by atoms with Gasteiger partial charge in [0.1, 0.15) is 0 Å². The molecule has 0 bridgehead atoms. The minimum atomic E-state index is -3.26. The summed E-state index contributed by atoms with van der Waals surface area (Å²) in [5.74, 6) is 0. The molecule has 0 radical (unpaired) electrons. The van der Waals surface area contributed by atoms with E-state index in [2.05, 4.69) is 52.6 Å². The average molecular weight is 399 g/mol. The predicted molar refractivity (Wildman–Crippen MR) is 115 cm³/mol. The second-order valence-corrected chi connectivity index (χ2v) is 8.87. The van der Waals surface area contributed by atoms with Crippen molar-refractivity contribution in [3.05, 3.63) is 88.7 Å². The van der Waals surface area contributed by atoms with Gasteiger partial charge in [0, 0.05) is 24.8 Å². The van der Waals surface area contributed by atoms with Crippen LogP contribution in [0.4, 0.5) is 5.69 Å². The number of hydrogen-bond acceptors (Lipinski definition) is 3. The summed E-state index contributed by atoms with van der Waals surface area (Å²) in [6.45, 7) is 2.06. The summed E-state index contributed by atoms with van der Waals surface area (Å²) in [4.78, 5) is 0.830. The first kappa shape index (κ1) is 19.3. The molecular weight excluding hydrogens is 376 g/mol. The Morgan fingerprint density at radius 2 is 1.63 bits per heavy atom. The molecule has 140 valence electrons. The van der Waals surface area contributed by atoms with Crippen LogP contribution in [-0.4, -0.2) is 24.1 Å². The fraction of sp³-hybridized carbons (Fsp3) is 0.190. The van der Waals surface area contributed by atoms with E-state index in [0.29, 0.717) is 5.69 Å². The lowest BCUT2D eigenvalue weighted by Gasteiger charge is -2.10. The number of anilines is 1. The summed E-state index contributed by atoms with van der Waals surface area (Å²) in [6, 6.07) is 19.8. The van der Waals surface area contributed by atoms with E-state index in [1.54, 1.807) is 12.1 Å². The molecule has 0 fully saturated rings. The molecule has 6 heteroatoms. The van der Waals surface area contributed by atoms with E-state index >= 15 is 0 Å². The van der Waals surface area contributed by atoms with E-state index in [1.807, 2.05) is 19.2 Å². The molecule has 2 aromatic carbocycles. The quantitative estimate of drug-likeness (QED) is 0.503. The fourth-order valence-electron chi connectivity index (χ4n) is 2.93. The molecule has 27 heavy (non-hydrogen) atoms. The molecule has 1 aromatic heterocycles. The number of aromatic nitrogens is 1. The molecule has 4 nitrogen and oxygen atoms in total. The van der Waals surface area contributed by atoms with Crippen LogP contribution in [0.3, 0.4) is 0 Å². The van der Waals surface area contributed by atoms with Gasteiger partial charge in [-0.1, -0.05) is 54.2 Å². The smallest absolute Gasteiger partial charge is 0.229 e. The van der Waals surface area contributed by atoms with Gasteiger partial charge in [-0.3, -0.25) is 4.72 Å². The molecule has 1 heterocycles. The SMILES string of the molecule is Cc1ccc(C(=S)c2ccc(Cc3ccc(NS(C)(=O)=O)cc3)n2C)cc1. The number of benzene rings is 2. The van der Waals surface area contributed by atoms with Gasteiger partial charge in [0.05, 0.1) is 16.8 Å². The Balaban J connectivity index is 1.77. The molecule has 0 saturated heterocycles. The maximum atomic E-state index is 11.3. The van der Waals surface area contributed by atoms with Crippen molar-refractivity contribution in [3.63, 3.8) is 0 Å². The number of rotatable bonds is 6. The molecule has 0 aliphatic rings. The van der Waals surface area contributed by atoms with E-state index in [4.69, 9.17) is 12.2 Å². The molecule has 3 aromatic rings. The highest BCUT2D eigenvalue weighted by atomic mass is 32.2. The van der Waals surface area contributed by atoms with Crippen molar-refractivity contribution in [2.24, 2.45) is 7.05 Å². The number of hydrogen-bond donors (Lipinski definition) is 1. The number of aryl methyl sites for hydroxylation is 1. The van der Waals surface area contributed by atoms with Gasteiger partial charge >= 0.3 is 0 Å². The van der Waals surface area contributed by atoms with Crippen LogP contribution in [0.2, 0.25) is 0 Å². The predicted octanol–water partition coefficient (Wildman–Crippen LogP) is 4.06. The van der Waals surface area contributed by atoms with Crippen molar-refractivity contribution in [2.75, 3.05) is 11.0 Å². The van der Waals surface area contributed by atoms with E-state index < -0.39 is 10.0 Å². The lowest BCUT2D eigenvalue weighted by molar-refractivity contribution is 0.607. The molecule has 0 spiro atoms. The first-order valence-electron chi connectivity index (χ1n) is 8.55. The first-order chi connectivity index (χ1) is 12.7. The molecule has 1 N–H and O–H groups in total. The highest BCUT2D eigenvalue weighted by Crippen LogP contribution is 2.19. The summed E-state index contributed by atoms with van der Waals surface area (Å²) >= 11 is 5.68. The molecule has 0 unspecified atom stereocenters. The lowest BCUT2D eigenvalue weighted by atomic mass is 10.1. The van der Waals surface area contributed by atoms with Crippen LogP contribution >= 0.6 is 12.2 Å². The van der Waals surface area contributed by atoms with Gasteiger partial charge in [0.15, 0.2) is 0 Å². The summed E-state index contributed by atoms with van der Waals surface area (Å²) < 4.78 is 27.2. The Labute approximate surface area is 165 Å². The number of thiocarbonyl (C=S) groups is 1. The third-order valence-corrected chi connectivity index (χ3v) is 5.47. The van der Waals surface area contributed by atoms with Gasteiger partial charge in [0.2, 0.25) is 10.0 Å². The second kappa shape index (κ2) is 7.66. The molecule has 0 aliphatic carbocycles. The maximum absolute atomic E-state index is 11.3. The van der Waals surface area contributed by atoms with Crippen LogP contribution < -0.4 is 4.72 Å². The Hall–Kier alpha value is -2.44. The van der Waals surface area contributed by atoms with E-state index in [0.717, 1.165) is 40.1 Å². The van der Waals surface area contributed by atoms with E-state index in [1.165, 1.54) is 5.56 Å². The highest BCUT2D eigenvalue weighted by Gasteiger charge is 2.12. The minimum absolute atomic E-state index is 0.564. The van der Waals surface area contributed by atoms with Crippen LogP contribution in [0.5, 0.6) is 0 Å². The summed E-state index contributed by atoms with van der Waals surface area (Å²) in [5.41, 5.74) is 6.07. The zero-order chi connectivity index (χ0) is 19.6. The second-order valence-electron chi connectivity index (χ2n) is 6.71. The van der Waals surface area contributed by atoms with Gasteiger partial charge in [0.25, 0.3) is 0 Å². The summed E-state index contributed by atoms with van der Waals surface area (Å²) in [5, 5.41) is 0. The average Bonchev–Trinajstić information content (AvgIpc) is 2.96. The molecule has 0 aliphatic heterocycles. The van der Waals surface area contributed by atoms with Crippen LogP contribution in [-0.2, 0) is 23.5 Å². The Kier molecular flexibility index (Phi) is 5.48. The number of sulfonamides is 1. The Morgan fingerprint density at radius 3 is 2.22 bits per heavy atom. The lowest BCUT2D eigenvalue weighted by Crippen LogP contribution is -2.10. The third kappa shape index (κ3) is 4.84. The monoisotopic (exact) mass is 398 g/mol. The summed E-state index contributed by atoms with van der Waals surface area (Å²) in [6.07, 6.45) is 1.88. The molecule has 3 rings (SSSR count). The molecule has 0 saturated carbocycles. The van der Waals surface area contributed by atoms with E-state index in [-0.39, 0.29) is 0 Å². The number of nitrogens with zero attached hydrogens (tertiary/aromatic N) is 1. The van der Waals surface area contributed by atoms with Crippen molar-refractivity contribution in [3.8, 4) is 0 Å². The standard InChI is InChI=1S/C21H22N2O2S2/c1-15-4-8-17(9-5-15)21(26)20-13-12-19(23(20)2)14-16-6-10-18(11-7-16)22-27(3,24)25/h4-13,22H,14H2,1-3H3. The van der Waals surface area contributed by atoms with Crippen molar-refractivity contribution < 1.29 is 8.42 Å². The highest BCUT2D eigenvalue weighted by molar-refractivity contribution is 7.92. The van der Waals surface area contributed by atoms with Gasteiger partial charge in [-0.05, 0) is 42.3 Å². The Bertz CT molecular complexity index is 1060. The van der Waals surface area contributed by atoms with E-state index in [9.17, 15) is 8.42 Å². The normalized spacial score (nSPS) is 11.4. The number of nitrogens with one attached hydrogen (secondary N) is 1. The van der Waals surface area contributed by atoms with Crippen molar-refractivity contribution in [1.29, 1.82) is 0 Å². The minimum Gasteiger partial charge on any atom is -0.347 e. The zero-order valence-electron chi connectivity index (χ0n) is 15.6. The first-order valence-corrected chi connectivity index (χ1v) is 10.9. The molecule has 0 amide bonds. The zero-order valence-corrected chi connectivity index (χ0v) is 17.2. The van der Waals surface area contributed by atoms with Gasteiger partial charge < -0.3 is 4.57 Å². The third-order valence-electron chi connectivity index (χ3n) is 4.41. The van der Waals surface area contributed by atoms with Gasteiger partial charge in [-0.25, -0.2) is 8.42 Å². The topological polar surface area (TPSA) is 51.1 Å². The van der Waals surface area contributed by atoms with Crippen LogP contribution in [0.1, 0.15) is 28.1 Å². The van der Waals surface area contributed by atoms with Crippen molar-refractivity contribution in [1.82, 2.24) is 4.57 Å². The maximum Gasteiger partial charge on any atom is 0.229 e. The fourth-order valence-corrected chi connectivity index (χ4v) is 3.83.